The quantitative estimate of drug-likeness (QED) is 0.160. The molecule has 43 heavy (non-hydrogen) atoms. The second kappa shape index (κ2) is 12.3. The summed E-state index contributed by atoms with van der Waals surface area (Å²) in [6.45, 7) is 3.03. The molecule has 12 heteroatoms. The smallest absolute Gasteiger partial charge is 0.338 e. The lowest BCUT2D eigenvalue weighted by Crippen LogP contribution is -2.39. The molecule has 0 radical (unpaired) electrons. The normalized spacial score (nSPS) is 14.8. The summed E-state index contributed by atoms with van der Waals surface area (Å²) in [7, 11) is 1.37. The van der Waals surface area contributed by atoms with Crippen LogP contribution >= 0.6 is 11.3 Å². The van der Waals surface area contributed by atoms with E-state index in [1.165, 1.54) is 11.7 Å². The van der Waals surface area contributed by atoms with Crippen molar-refractivity contribution in [2.24, 2.45) is 4.99 Å². The van der Waals surface area contributed by atoms with E-state index < -0.39 is 53.2 Å². The monoisotopic (exact) mass is 612 g/mol. The Labute approximate surface area is 246 Å². The summed E-state index contributed by atoms with van der Waals surface area (Å²) < 4.78 is 73.0. The van der Waals surface area contributed by atoms with Crippen LogP contribution in [0.2, 0.25) is 0 Å². The first-order valence-electron chi connectivity index (χ1n) is 13.0. The number of hydrogen-bond acceptors (Lipinski definition) is 7. The van der Waals surface area contributed by atoms with Crippen LogP contribution in [0.3, 0.4) is 0 Å². The molecule has 1 unspecified atom stereocenters. The van der Waals surface area contributed by atoms with Gasteiger partial charge in [0.05, 0.1) is 35.6 Å². The molecule has 0 spiro atoms. The minimum atomic E-state index is -1.67. The van der Waals surface area contributed by atoms with Crippen LogP contribution < -0.4 is 24.4 Å². The van der Waals surface area contributed by atoms with E-state index in [0.29, 0.717) is 26.2 Å². The van der Waals surface area contributed by atoms with Crippen LogP contribution in [0, 0.1) is 23.3 Å². The van der Waals surface area contributed by atoms with E-state index in [1.807, 2.05) is 18.2 Å². The number of aromatic nitrogens is 1. The molecule has 3 aromatic carbocycles. The summed E-state index contributed by atoms with van der Waals surface area (Å²) in [5.74, 6) is -8.03. The Morgan fingerprint density at radius 2 is 1.74 bits per heavy atom. The average Bonchev–Trinajstić information content (AvgIpc) is 3.29. The predicted octanol–water partition coefficient (Wildman–Crippen LogP) is 4.94. The number of fused-ring (bicyclic) bond motifs is 1. The van der Waals surface area contributed by atoms with Gasteiger partial charge in [0, 0.05) is 11.6 Å². The molecule has 4 aromatic rings. The second-order valence-electron chi connectivity index (χ2n) is 9.37. The summed E-state index contributed by atoms with van der Waals surface area (Å²) in [5.41, 5.74) is 1.76. The van der Waals surface area contributed by atoms with Gasteiger partial charge in [-0.2, -0.15) is 8.78 Å². The number of hydrogen-bond donors (Lipinski definition) is 0. The third-order valence-corrected chi connectivity index (χ3v) is 7.66. The van der Waals surface area contributed by atoms with Gasteiger partial charge in [0.1, 0.15) is 12.4 Å². The van der Waals surface area contributed by atoms with Crippen LogP contribution in [-0.2, 0) is 16.1 Å². The van der Waals surface area contributed by atoms with Crippen LogP contribution in [0.15, 0.2) is 75.7 Å². The van der Waals surface area contributed by atoms with E-state index in [1.54, 1.807) is 50.3 Å². The Morgan fingerprint density at radius 1 is 1.05 bits per heavy atom. The summed E-state index contributed by atoms with van der Waals surface area (Å²) in [6.07, 6.45) is 1.58. The highest BCUT2D eigenvalue weighted by atomic mass is 32.1. The van der Waals surface area contributed by atoms with Gasteiger partial charge in [-0.15, -0.1) is 0 Å². The van der Waals surface area contributed by atoms with Gasteiger partial charge in [0.2, 0.25) is 11.6 Å². The van der Waals surface area contributed by atoms with E-state index >= 15 is 0 Å². The summed E-state index contributed by atoms with van der Waals surface area (Å²) in [5, 5.41) is 0. The molecule has 0 saturated carbocycles. The lowest BCUT2D eigenvalue weighted by atomic mass is 9.96. The number of thiazole rings is 1. The van der Waals surface area contributed by atoms with Crippen molar-refractivity contribution in [1.82, 2.24) is 4.57 Å². The number of rotatable bonds is 8. The molecule has 0 fully saturated rings. The molecule has 0 N–H and O–H groups in total. The van der Waals surface area contributed by atoms with Crippen LogP contribution in [0.5, 0.6) is 11.5 Å². The zero-order chi connectivity index (χ0) is 30.8. The van der Waals surface area contributed by atoms with Crippen molar-refractivity contribution < 1.29 is 36.6 Å². The number of esters is 1. The molecule has 1 atom stereocenters. The van der Waals surface area contributed by atoms with Crippen molar-refractivity contribution >= 4 is 23.4 Å². The van der Waals surface area contributed by atoms with Crippen molar-refractivity contribution in [2.45, 2.75) is 26.5 Å². The maximum atomic E-state index is 14.1. The van der Waals surface area contributed by atoms with E-state index in [-0.39, 0.29) is 29.6 Å². The minimum absolute atomic E-state index is 0.0914. The van der Waals surface area contributed by atoms with Crippen LogP contribution in [0.4, 0.5) is 17.6 Å². The van der Waals surface area contributed by atoms with Gasteiger partial charge in [-0.1, -0.05) is 47.7 Å². The largest absolute Gasteiger partial charge is 0.496 e. The summed E-state index contributed by atoms with van der Waals surface area (Å²) in [6, 6.07) is 13.1. The number of carbonyl (C=O) groups excluding carboxylic acids is 1. The third kappa shape index (κ3) is 5.70. The molecule has 1 aromatic heterocycles. The fourth-order valence-corrected chi connectivity index (χ4v) is 5.77. The maximum absolute atomic E-state index is 14.1. The van der Waals surface area contributed by atoms with Crippen molar-refractivity contribution in [1.29, 1.82) is 0 Å². The number of nitrogens with zero attached hydrogens (tertiary/aromatic N) is 2. The average molecular weight is 613 g/mol. The molecular formula is C31H24F4N2O5S. The van der Waals surface area contributed by atoms with Gasteiger partial charge in [0.15, 0.2) is 22.2 Å². The highest BCUT2D eigenvalue weighted by Gasteiger charge is 2.33. The van der Waals surface area contributed by atoms with E-state index in [0.717, 1.165) is 11.3 Å². The summed E-state index contributed by atoms with van der Waals surface area (Å²) in [4.78, 5) is 31.7. The molecule has 0 aliphatic carbocycles. The molecule has 1 aliphatic rings. The fraction of sp³-hybridized carbons (Fsp3) is 0.194. The number of ether oxygens (including phenoxy) is 3. The minimum Gasteiger partial charge on any atom is -0.496 e. The Kier molecular flexibility index (Phi) is 8.49. The van der Waals surface area contributed by atoms with Gasteiger partial charge in [-0.25, -0.2) is 18.6 Å². The Balaban J connectivity index is 1.57. The van der Waals surface area contributed by atoms with Crippen molar-refractivity contribution in [3.63, 3.8) is 0 Å². The third-order valence-electron chi connectivity index (χ3n) is 6.68. The number of benzene rings is 3. The van der Waals surface area contributed by atoms with E-state index in [2.05, 4.69) is 4.99 Å². The molecule has 0 saturated heterocycles. The first kappa shape index (κ1) is 29.8. The number of halogens is 4. The van der Waals surface area contributed by atoms with Gasteiger partial charge in [-0.3, -0.25) is 9.36 Å². The van der Waals surface area contributed by atoms with Crippen LogP contribution in [-0.4, -0.2) is 24.3 Å². The highest BCUT2D eigenvalue weighted by molar-refractivity contribution is 7.07. The van der Waals surface area contributed by atoms with Gasteiger partial charge in [0.25, 0.3) is 5.56 Å². The Morgan fingerprint density at radius 3 is 2.40 bits per heavy atom. The van der Waals surface area contributed by atoms with E-state index in [9.17, 15) is 27.2 Å². The fourth-order valence-electron chi connectivity index (χ4n) is 4.72. The van der Waals surface area contributed by atoms with Crippen LogP contribution in [0.1, 0.15) is 36.6 Å². The summed E-state index contributed by atoms with van der Waals surface area (Å²) >= 11 is 1.12. The van der Waals surface area contributed by atoms with Crippen LogP contribution in [0.25, 0.3) is 6.08 Å². The molecule has 7 nitrogen and oxygen atoms in total. The van der Waals surface area contributed by atoms with Crippen molar-refractivity contribution in [3.8, 4) is 11.5 Å². The van der Waals surface area contributed by atoms with Crippen molar-refractivity contribution in [3.05, 3.63) is 126 Å². The first-order chi connectivity index (χ1) is 20.6. The van der Waals surface area contributed by atoms with Gasteiger partial charge in [-0.05, 0) is 43.2 Å². The van der Waals surface area contributed by atoms with Gasteiger partial charge < -0.3 is 14.2 Å². The second-order valence-corrected chi connectivity index (χ2v) is 10.4. The van der Waals surface area contributed by atoms with Gasteiger partial charge >= 0.3 is 5.97 Å². The predicted molar refractivity (Wildman–Crippen MR) is 150 cm³/mol. The molecule has 0 bridgehead atoms. The number of methoxy groups -OCH3 is 1. The zero-order valence-electron chi connectivity index (χ0n) is 23.1. The molecule has 1 aliphatic heterocycles. The maximum Gasteiger partial charge on any atom is 0.338 e. The molecule has 222 valence electrons. The Hall–Kier alpha value is -4.71. The standard InChI is InChI=1S/C31H24F4N2O5S/c1-4-41-30(39)24-16(2)36-31-37(27(24)18-8-6-5-7-9-18)29(38)23(43-31)13-17-10-11-22(40-3)19(12-17)15-42-28-25(34)20(32)14-21(33)26(28)35/h5-14,27H,4,15H2,1-3H3/b23-13-. The SMILES string of the molecule is CCOC(=O)C1=C(C)N=c2s/c(=C\c3ccc(OC)c(COc4c(F)c(F)cc(F)c4F)c3)c(=O)n2C1c1ccccc1. The molecule has 2 heterocycles. The lowest BCUT2D eigenvalue weighted by Gasteiger charge is -2.24. The molecule has 0 amide bonds. The molecule has 5 rings (SSSR count). The number of carbonyl (C=O) groups is 1. The van der Waals surface area contributed by atoms with Crippen molar-refractivity contribution in [2.75, 3.05) is 13.7 Å². The lowest BCUT2D eigenvalue weighted by molar-refractivity contribution is -0.139. The highest BCUT2D eigenvalue weighted by Crippen LogP contribution is 2.31. The topological polar surface area (TPSA) is 79.1 Å². The molecular weight excluding hydrogens is 588 g/mol. The zero-order valence-corrected chi connectivity index (χ0v) is 23.9. The number of allylic oxidation sites excluding steroid dienone is 1. The first-order valence-corrected chi connectivity index (χ1v) is 13.8. The Bertz CT molecular complexity index is 1910. The van der Waals surface area contributed by atoms with E-state index in [4.69, 9.17) is 14.2 Å².